The molecule has 0 aliphatic rings. The molecule has 14 heavy (non-hydrogen) atoms. The van der Waals surface area contributed by atoms with Gasteiger partial charge in [-0.1, -0.05) is 17.7 Å². The number of carbonyl (C=O) groups excluding carboxylic acids is 1. The lowest BCUT2D eigenvalue weighted by Crippen LogP contribution is -2.01. The van der Waals surface area contributed by atoms with Gasteiger partial charge in [-0.2, -0.15) is 0 Å². The molecule has 0 saturated heterocycles. The van der Waals surface area contributed by atoms with Crippen molar-refractivity contribution >= 4 is 29.0 Å². The molecule has 3 heteroatoms. The predicted octanol–water partition coefficient (Wildman–Crippen LogP) is 3.85. The third kappa shape index (κ3) is 3.00. The first-order valence-corrected chi connectivity index (χ1v) is 5.41. The largest absolute Gasteiger partial charge is 0.294 e. The molecule has 0 aromatic heterocycles. The Hall–Kier alpha value is -0.530. The number of benzene rings is 1. The van der Waals surface area contributed by atoms with Crippen LogP contribution >= 0.6 is 23.2 Å². The zero-order valence-electron chi connectivity index (χ0n) is 8.02. The molecule has 0 amide bonds. The molecule has 0 aliphatic heterocycles. The normalized spacial score (nSPS) is 10.2. The van der Waals surface area contributed by atoms with Crippen LogP contribution in [0.2, 0.25) is 5.02 Å². The highest BCUT2D eigenvalue weighted by atomic mass is 35.5. The molecule has 0 radical (unpaired) electrons. The lowest BCUT2D eigenvalue weighted by Gasteiger charge is -2.04. The van der Waals surface area contributed by atoms with Crippen molar-refractivity contribution in [2.45, 2.75) is 19.8 Å². The molecule has 1 aromatic carbocycles. The highest BCUT2D eigenvalue weighted by molar-refractivity contribution is 6.31. The van der Waals surface area contributed by atoms with Crippen molar-refractivity contribution in [1.82, 2.24) is 0 Å². The third-order valence-electron chi connectivity index (χ3n) is 2.04. The molecule has 76 valence electrons. The number of hydrogen-bond donors (Lipinski definition) is 0. The van der Waals surface area contributed by atoms with E-state index in [0.717, 1.165) is 5.56 Å². The van der Waals surface area contributed by atoms with Crippen molar-refractivity contribution in [1.29, 1.82) is 0 Å². The summed E-state index contributed by atoms with van der Waals surface area (Å²) in [6.45, 7) is 1.91. The number of halogens is 2. The molecule has 1 aromatic rings. The maximum absolute atomic E-state index is 11.7. The maximum Gasteiger partial charge on any atom is 0.163 e. The summed E-state index contributed by atoms with van der Waals surface area (Å²) in [5.74, 6) is 0.636. The van der Waals surface area contributed by atoms with Crippen LogP contribution in [0.15, 0.2) is 18.2 Å². The van der Waals surface area contributed by atoms with Crippen molar-refractivity contribution in [3.8, 4) is 0 Å². The molecular formula is C11H12Cl2O. The molecule has 0 aliphatic carbocycles. The average Bonchev–Trinajstić information content (AvgIpc) is 2.18. The van der Waals surface area contributed by atoms with E-state index in [2.05, 4.69) is 0 Å². The van der Waals surface area contributed by atoms with E-state index in [4.69, 9.17) is 23.2 Å². The van der Waals surface area contributed by atoms with Crippen LogP contribution in [0.3, 0.4) is 0 Å². The van der Waals surface area contributed by atoms with Crippen LogP contribution in [-0.4, -0.2) is 11.7 Å². The minimum Gasteiger partial charge on any atom is -0.294 e. The van der Waals surface area contributed by atoms with Crippen LogP contribution in [-0.2, 0) is 0 Å². The van der Waals surface area contributed by atoms with Gasteiger partial charge in [-0.15, -0.1) is 11.6 Å². The number of ketones is 1. The van der Waals surface area contributed by atoms with E-state index in [1.165, 1.54) is 0 Å². The van der Waals surface area contributed by atoms with Gasteiger partial charge in [0.05, 0.1) is 0 Å². The summed E-state index contributed by atoms with van der Waals surface area (Å²) in [5.41, 5.74) is 1.68. The van der Waals surface area contributed by atoms with Gasteiger partial charge >= 0.3 is 0 Å². The van der Waals surface area contributed by atoms with Crippen LogP contribution < -0.4 is 0 Å². The number of alkyl halides is 1. The van der Waals surface area contributed by atoms with E-state index in [1.807, 2.05) is 13.0 Å². The summed E-state index contributed by atoms with van der Waals surface area (Å²) < 4.78 is 0. The molecule has 0 bridgehead atoms. The molecule has 0 heterocycles. The first-order chi connectivity index (χ1) is 6.65. The van der Waals surface area contributed by atoms with Gasteiger partial charge in [0.25, 0.3) is 0 Å². The number of Topliss-reactive ketones (excluding diaryl/α,β-unsaturated/α-hetero) is 1. The number of hydrogen-bond acceptors (Lipinski definition) is 1. The molecule has 0 unspecified atom stereocenters. The number of aryl methyl sites for hydroxylation is 1. The van der Waals surface area contributed by atoms with Crippen LogP contribution in [0.1, 0.15) is 28.8 Å². The molecule has 1 nitrogen and oxygen atoms in total. The van der Waals surface area contributed by atoms with E-state index >= 15 is 0 Å². The summed E-state index contributed by atoms with van der Waals surface area (Å²) in [4.78, 5) is 11.7. The van der Waals surface area contributed by atoms with E-state index in [9.17, 15) is 4.79 Å². The second kappa shape index (κ2) is 5.38. The van der Waals surface area contributed by atoms with Gasteiger partial charge in [0.1, 0.15) is 0 Å². The van der Waals surface area contributed by atoms with E-state index < -0.39 is 0 Å². The highest BCUT2D eigenvalue weighted by Crippen LogP contribution is 2.17. The fourth-order valence-electron chi connectivity index (χ4n) is 1.26. The topological polar surface area (TPSA) is 17.1 Å². The monoisotopic (exact) mass is 230 g/mol. The predicted molar refractivity (Wildman–Crippen MR) is 60.5 cm³/mol. The van der Waals surface area contributed by atoms with Gasteiger partial charge < -0.3 is 0 Å². The Morgan fingerprint density at radius 3 is 2.79 bits per heavy atom. The quantitative estimate of drug-likeness (QED) is 0.568. The summed E-state index contributed by atoms with van der Waals surface area (Å²) >= 11 is 11.3. The zero-order chi connectivity index (χ0) is 10.6. The van der Waals surface area contributed by atoms with Crippen molar-refractivity contribution in [2.75, 3.05) is 5.88 Å². The van der Waals surface area contributed by atoms with E-state index in [0.29, 0.717) is 29.3 Å². The van der Waals surface area contributed by atoms with Gasteiger partial charge in [-0.25, -0.2) is 0 Å². The minimum atomic E-state index is 0.116. The van der Waals surface area contributed by atoms with Crippen LogP contribution in [0.4, 0.5) is 0 Å². The first kappa shape index (κ1) is 11.5. The maximum atomic E-state index is 11.7. The first-order valence-electron chi connectivity index (χ1n) is 4.50. The lowest BCUT2D eigenvalue weighted by molar-refractivity contribution is 0.0981. The van der Waals surface area contributed by atoms with Gasteiger partial charge in [0.15, 0.2) is 5.78 Å². The Bertz CT molecular complexity index is 334. The van der Waals surface area contributed by atoms with Crippen molar-refractivity contribution < 1.29 is 4.79 Å². The summed E-state index contributed by atoms with van der Waals surface area (Å²) in [7, 11) is 0. The van der Waals surface area contributed by atoms with E-state index in [1.54, 1.807) is 12.1 Å². The van der Waals surface area contributed by atoms with Gasteiger partial charge in [-0.05, 0) is 31.0 Å². The molecule has 0 spiro atoms. The average molecular weight is 231 g/mol. The third-order valence-corrected chi connectivity index (χ3v) is 2.54. The highest BCUT2D eigenvalue weighted by Gasteiger charge is 2.08. The summed E-state index contributed by atoms with van der Waals surface area (Å²) in [6.07, 6.45) is 1.21. The smallest absolute Gasteiger partial charge is 0.163 e. The zero-order valence-corrected chi connectivity index (χ0v) is 9.53. The van der Waals surface area contributed by atoms with Gasteiger partial charge in [0, 0.05) is 22.9 Å². The Labute approximate surface area is 94.0 Å². The number of rotatable bonds is 4. The van der Waals surface area contributed by atoms with Crippen molar-refractivity contribution in [3.63, 3.8) is 0 Å². The standard InChI is InChI=1S/C11H12Cl2O/c1-8-4-5-9(13)7-10(8)11(14)3-2-6-12/h4-5,7H,2-3,6H2,1H3. The molecule has 0 fully saturated rings. The number of carbonyl (C=O) groups is 1. The molecule has 0 N–H and O–H groups in total. The van der Waals surface area contributed by atoms with Gasteiger partial charge in [0.2, 0.25) is 0 Å². The molecule has 0 saturated carbocycles. The second-order valence-corrected chi connectivity index (χ2v) is 3.99. The summed E-state index contributed by atoms with van der Waals surface area (Å²) in [6, 6.07) is 5.36. The lowest BCUT2D eigenvalue weighted by atomic mass is 10.0. The summed E-state index contributed by atoms with van der Waals surface area (Å²) in [5, 5.41) is 0.602. The Morgan fingerprint density at radius 2 is 2.14 bits per heavy atom. The van der Waals surface area contributed by atoms with E-state index in [-0.39, 0.29) is 5.78 Å². The molecule has 0 atom stereocenters. The van der Waals surface area contributed by atoms with Crippen LogP contribution in [0, 0.1) is 6.92 Å². The van der Waals surface area contributed by atoms with Crippen molar-refractivity contribution in [2.24, 2.45) is 0 Å². The van der Waals surface area contributed by atoms with Crippen LogP contribution in [0.5, 0.6) is 0 Å². The molecular weight excluding hydrogens is 219 g/mol. The van der Waals surface area contributed by atoms with Crippen LogP contribution in [0.25, 0.3) is 0 Å². The molecule has 1 rings (SSSR count). The fraction of sp³-hybridized carbons (Fsp3) is 0.364. The van der Waals surface area contributed by atoms with Crippen molar-refractivity contribution in [3.05, 3.63) is 34.3 Å². The van der Waals surface area contributed by atoms with Gasteiger partial charge in [-0.3, -0.25) is 4.79 Å². The minimum absolute atomic E-state index is 0.116. The Kier molecular flexibility index (Phi) is 4.43. The Morgan fingerprint density at radius 1 is 1.43 bits per heavy atom. The fourth-order valence-corrected chi connectivity index (χ4v) is 1.56. The SMILES string of the molecule is Cc1ccc(Cl)cc1C(=O)CCCCl. The second-order valence-electron chi connectivity index (χ2n) is 3.17. The Balaban J connectivity index is 2.83.